The van der Waals surface area contributed by atoms with Gasteiger partial charge in [-0.1, -0.05) is 6.58 Å². The van der Waals surface area contributed by atoms with Gasteiger partial charge in [0.05, 0.1) is 11.9 Å². The summed E-state index contributed by atoms with van der Waals surface area (Å²) in [7, 11) is -3.74. The van der Waals surface area contributed by atoms with Crippen LogP contribution in [0.5, 0.6) is 0 Å². The highest BCUT2D eigenvalue weighted by atomic mass is 32.2. The van der Waals surface area contributed by atoms with Crippen molar-refractivity contribution in [1.29, 1.82) is 0 Å². The Labute approximate surface area is 128 Å². The number of sulfonamides is 1. The molecule has 7 nitrogen and oxygen atoms in total. The van der Waals surface area contributed by atoms with Crippen molar-refractivity contribution in [2.24, 2.45) is 0 Å². The summed E-state index contributed by atoms with van der Waals surface area (Å²) in [5.41, 5.74) is 0.804. The van der Waals surface area contributed by atoms with E-state index in [2.05, 4.69) is 26.6 Å². The fraction of sp³-hybridized carbons (Fsp3) is 0.0714. The molecule has 2 N–H and O–H groups in total. The Kier molecular flexibility index (Phi) is 4.52. The lowest BCUT2D eigenvalue weighted by Gasteiger charge is -2.08. The maximum atomic E-state index is 12.1. The number of hydrogen-bond acceptors (Lipinski definition) is 5. The Bertz CT molecular complexity index is 787. The second-order valence-corrected chi connectivity index (χ2v) is 6.14. The second-order valence-electron chi connectivity index (χ2n) is 4.46. The Morgan fingerprint density at radius 3 is 2.55 bits per heavy atom. The summed E-state index contributed by atoms with van der Waals surface area (Å²) in [5.74, 6) is -0.192. The van der Waals surface area contributed by atoms with E-state index in [0.717, 1.165) is 0 Å². The lowest BCUT2D eigenvalue weighted by molar-refractivity contribution is -0.112. The molecule has 0 bridgehead atoms. The molecule has 0 radical (unpaired) electrons. The number of nitrogens with zero attached hydrogens (tertiary/aromatic N) is 2. The van der Waals surface area contributed by atoms with Crippen molar-refractivity contribution in [2.75, 3.05) is 10.0 Å². The van der Waals surface area contributed by atoms with Crippen LogP contribution in [0.1, 0.15) is 6.92 Å². The molecular formula is C14H14N4O3S. The fourth-order valence-corrected chi connectivity index (χ4v) is 2.44. The Morgan fingerprint density at radius 2 is 2.00 bits per heavy atom. The Hall–Kier alpha value is -2.74. The molecule has 0 aromatic carbocycles. The van der Waals surface area contributed by atoms with E-state index in [4.69, 9.17) is 0 Å². The lowest BCUT2D eigenvalue weighted by Crippen LogP contribution is -2.15. The standard InChI is InChI=1S/C14H14N4O3S/c1-10(2)14(19)17-11-5-6-13(16-8-11)18-22(20,21)12-4-3-7-15-9-12/h3-9H,1H2,2H3,(H,16,18)(H,17,19). The van der Waals surface area contributed by atoms with Gasteiger partial charge in [0.2, 0.25) is 0 Å². The first-order valence-corrected chi connectivity index (χ1v) is 7.72. The van der Waals surface area contributed by atoms with Gasteiger partial charge in [-0.3, -0.25) is 14.5 Å². The van der Waals surface area contributed by atoms with Crippen molar-refractivity contribution >= 4 is 27.4 Å². The Morgan fingerprint density at radius 1 is 1.23 bits per heavy atom. The summed E-state index contributed by atoms with van der Waals surface area (Å²) >= 11 is 0. The quantitative estimate of drug-likeness (QED) is 0.819. The zero-order valence-corrected chi connectivity index (χ0v) is 12.6. The molecule has 0 spiro atoms. The molecule has 2 aromatic rings. The monoisotopic (exact) mass is 318 g/mol. The molecule has 0 aliphatic carbocycles. The average Bonchev–Trinajstić information content (AvgIpc) is 2.50. The van der Waals surface area contributed by atoms with Crippen LogP contribution in [-0.4, -0.2) is 24.3 Å². The molecule has 22 heavy (non-hydrogen) atoms. The largest absolute Gasteiger partial charge is 0.321 e. The highest BCUT2D eigenvalue weighted by Gasteiger charge is 2.14. The summed E-state index contributed by atoms with van der Waals surface area (Å²) in [6.45, 7) is 5.10. The number of anilines is 2. The van der Waals surface area contributed by atoms with Gasteiger partial charge >= 0.3 is 0 Å². The van der Waals surface area contributed by atoms with Crippen LogP contribution in [0.25, 0.3) is 0 Å². The third kappa shape index (κ3) is 3.89. The molecule has 2 rings (SSSR count). The van der Waals surface area contributed by atoms with Crippen LogP contribution in [0.15, 0.2) is 59.9 Å². The average molecular weight is 318 g/mol. The van der Waals surface area contributed by atoms with Crippen LogP contribution in [0.3, 0.4) is 0 Å². The molecule has 0 atom stereocenters. The zero-order chi connectivity index (χ0) is 16.2. The number of amides is 1. The zero-order valence-electron chi connectivity index (χ0n) is 11.8. The fourth-order valence-electron chi connectivity index (χ4n) is 1.47. The number of nitrogens with one attached hydrogen (secondary N) is 2. The highest BCUT2D eigenvalue weighted by molar-refractivity contribution is 7.92. The number of carbonyl (C=O) groups is 1. The second kappa shape index (κ2) is 6.35. The number of rotatable bonds is 5. The summed E-state index contributed by atoms with van der Waals surface area (Å²) in [6, 6.07) is 5.94. The number of pyridine rings is 2. The van der Waals surface area contributed by atoms with Gasteiger partial charge < -0.3 is 5.32 Å². The molecule has 0 saturated carbocycles. The SMILES string of the molecule is C=C(C)C(=O)Nc1ccc(NS(=O)(=O)c2cccnc2)nc1. The van der Waals surface area contributed by atoms with Crippen molar-refractivity contribution in [2.45, 2.75) is 11.8 Å². The molecular weight excluding hydrogens is 304 g/mol. The van der Waals surface area contributed by atoms with Crippen LogP contribution in [0.4, 0.5) is 11.5 Å². The molecule has 1 amide bonds. The van der Waals surface area contributed by atoms with Gasteiger partial charge in [0, 0.05) is 18.0 Å². The molecule has 8 heteroatoms. The smallest absolute Gasteiger partial charge is 0.264 e. The molecule has 114 valence electrons. The minimum absolute atomic E-state index is 0.0384. The molecule has 2 aromatic heterocycles. The first-order valence-electron chi connectivity index (χ1n) is 6.24. The third-order valence-electron chi connectivity index (χ3n) is 2.59. The van der Waals surface area contributed by atoms with Crippen LogP contribution in [0, 0.1) is 0 Å². The van der Waals surface area contributed by atoms with E-state index < -0.39 is 10.0 Å². The van der Waals surface area contributed by atoms with Gasteiger partial charge in [-0.25, -0.2) is 13.4 Å². The molecule has 2 heterocycles. The molecule has 0 fully saturated rings. The van der Waals surface area contributed by atoms with Crippen LogP contribution >= 0.6 is 0 Å². The Balaban J connectivity index is 2.12. The van der Waals surface area contributed by atoms with Gasteiger partial charge in [-0.2, -0.15) is 0 Å². The van der Waals surface area contributed by atoms with E-state index >= 15 is 0 Å². The minimum Gasteiger partial charge on any atom is -0.321 e. The highest BCUT2D eigenvalue weighted by Crippen LogP contribution is 2.15. The lowest BCUT2D eigenvalue weighted by atomic mass is 10.3. The molecule has 0 aliphatic rings. The molecule has 0 aliphatic heterocycles. The molecule has 0 saturated heterocycles. The van der Waals surface area contributed by atoms with Gasteiger partial charge in [-0.05, 0) is 31.2 Å². The predicted octanol–water partition coefficient (Wildman–Crippen LogP) is 1.79. The van der Waals surface area contributed by atoms with Gasteiger partial charge in [0.25, 0.3) is 15.9 Å². The minimum atomic E-state index is -3.74. The van der Waals surface area contributed by atoms with E-state index in [9.17, 15) is 13.2 Å². The predicted molar refractivity (Wildman–Crippen MR) is 82.7 cm³/mol. The van der Waals surface area contributed by atoms with E-state index in [1.165, 1.54) is 42.9 Å². The van der Waals surface area contributed by atoms with Crippen molar-refractivity contribution in [3.63, 3.8) is 0 Å². The number of hydrogen-bond donors (Lipinski definition) is 2. The normalized spacial score (nSPS) is 10.8. The van der Waals surface area contributed by atoms with Crippen molar-refractivity contribution < 1.29 is 13.2 Å². The third-order valence-corrected chi connectivity index (χ3v) is 3.93. The van der Waals surface area contributed by atoms with Crippen molar-refractivity contribution in [3.8, 4) is 0 Å². The first-order chi connectivity index (χ1) is 10.4. The molecule has 0 unspecified atom stereocenters. The topological polar surface area (TPSA) is 101 Å². The van der Waals surface area contributed by atoms with Crippen molar-refractivity contribution in [3.05, 3.63) is 55.0 Å². The maximum Gasteiger partial charge on any atom is 0.264 e. The summed E-state index contributed by atoms with van der Waals surface area (Å²) in [6.07, 6.45) is 4.07. The summed E-state index contributed by atoms with van der Waals surface area (Å²) in [5, 5.41) is 2.57. The first kappa shape index (κ1) is 15.6. The summed E-state index contributed by atoms with van der Waals surface area (Å²) in [4.78, 5) is 19.2. The van der Waals surface area contributed by atoms with Crippen molar-refractivity contribution in [1.82, 2.24) is 9.97 Å². The number of aromatic nitrogens is 2. The van der Waals surface area contributed by atoms with Gasteiger partial charge in [0.15, 0.2) is 0 Å². The summed E-state index contributed by atoms with van der Waals surface area (Å²) < 4.78 is 26.5. The number of carbonyl (C=O) groups excluding carboxylic acids is 1. The van der Waals surface area contributed by atoms with E-state index in [1.54, 1.807) is 6.92 Å². The maximum absolute atomic E-state index is 12.1. The van der Waals surface area contributed by atoms with E-state index in [-0.39, 0.29) is 16.6 Å². The van der Waals surface area contributed by atoms with Crippen LogP contribution in [-0.2, 0) is 14.8 Å². The van der Waals surface area contributed by atoms with Gasteiger partial charge in [-0.15, -0.1) is 0 Å². The van der Waals surface area contributed by atoms with Crippen LogP contribution in [0.2, 0.25) is 0 Å². The van der Waals surface area contributed by atoms with Crippen LogP contribution < -0.4 is 10.0 Å². The van der Waals surface area contributed by atoms with E-state index in [0.29, 0.717) is 11.3 Å². The van der Waals surface area contributed by atoms with E-state index in [1.807, 2.05) is 0 Å². The van der Waals surface area contributed by atoms with Gasteiger partial charge in [0.1, 0.15) is 10.7 Å².